The van der Waals surface area contributed by atoms with E-state index in [1.807, 2.05) is 23.1 Å². The Balaban J connectivity index is 0.00000192. The van der Waals surface area contributed by atoms with Gasteiger partial charge >= 0.3 is 0 Å². The van der Waals surface area contributed by atoms with Gasteiger partial charge in [-0.3, -0.25) is 9.59 Å². The molecule has 2 heterocycles. The predicted octanol–water partition coefficient (Wildman–Crippen LogP) is 0.847. The van der Waals surface area contributed by atoms with Crippen LogP contribution in [0.4, 0.5) is 0 Å². The third-order valence-electron chi connectivity index (χ3n) is 4.32. The number of hydrogen-bond acceptors (Lipinski definition) is 4. The number of aromatic nitrogens is 2. The van der Waals surface area contributed by atoms with Crippen LogP contribution in [-0.4, -0.2) is 39.7 Å². The van der Waals surface area contributed by atoms with Crippen molar-refractivity contribution >= 4 is 29.1 Å². The van der Waals surface area contributed by atoms with Gasteiger partial charge in [-0.1, -0.05) is 18.2 Å². The number of nitrogens with two attached hydrogens (primary N) is 1. The first-order valence-electron chi connectivity index (χ1n) is 7.56. The summed E-state index contributed by atoms with van der Waals surface area (Å²) in [5.74, 6) is 0.0317. The minimum absolute atomic E-state index is 0. The monoisotopic (exact) mass is 336 g/mol. The van der Waals surface area contributed by atoms with Crippen LogP contribution in [0.1, 0.15) is 18.5 Å². The van der Waals surface area contributed by atoms with E-state index in [0.717, 1.165) is 24.8 Å². The Morgan fingerprint density at radius 1 is 1.35 bits per heavy atom. The molecule has 1 aromatic heterocycles. The van der Waals surface area contributed by atoms with E-state index in [1.165, 1.54) is 4.68 Å². The van der Waals surface area contributed by atoms with Crippen molar-refractivity contribution in [3.05, 3.63) is 40.3 Å². The van der Waals surface area contributed by atoms with E-state index in [1.54, 1.807) is 13.1 Å². The van der Waals surface area contributed by atoms with Crippen LogP contribution in [0.15, 0.2) is 29.1 Å². The summed E-state index contributed by atoms with van der Waals surface area (Å²) in [5.41, 5.74) is 6.23. The number of likely N-dealkylation sites (tertiary alicyclic amines) is 1. The Morgan fingerprint density at radius 2 is 2.04 bits per heavy atom. The maximum atomic E-state index is 12.6. The molecule has 1 aromatic carbocycles. The van der Waals surface area contributed by atoms with Crippen molar-refractivity contribution < 1.29 is 4.79 Å². The first-order chi connectivity index (χ1) is 10.6. The number of nitrogens with zero attached hydrogens (tertiary/aromatic N) is 3. The summed E-state index contributed by atoms with van der Waals surface area (Å²) in [5, 5.41) is 5.64. The van der Waals surface area contributed by atoms with E-state index >= 15 is 0 Å². The van der Waals surface area contributed by atoms with Gasteiger partial charge in [-0.15, -0.1) is 12.4 Å². The molecule has 0 radical (unpaired) electrons. The lowest BCUT2D eigenvalue weighted by atomic mass is 10.1. The van der Waals surface area contributed by atoms with Crippen molar-refractivity contribution in [3.8, 4) is 0 Å². The molecule has 23 heavy (non-hydrogen) atoms. The minimum atomic E-state index is -0.146. The third-order valence-corrected chi connectivity index (χ3v) is 4.32. The van der Waals surface area contributed by atoms with E-state index in [4.69, 9.17) is 5.73 Å². The second-order valence-electron chi connectivity index (χ2n) is 5.72. The molecule has 1 unspecified atom stereocenters. The van der Waals surface area contributed by atoms with E-state index in [9.17, 15) is 9.59 Å². The molecular formula is C16H21ClN4O2. The number of hydrogen-bond donors (Lipinski definition) is 1. The number of halogens is 1. The SMILES string of the molecule is Cl.Cn1nc(CC(=O)N2CCCC2CN)c2ccccc2c1=O. The second kappa shape index (κ2) is 7.10. The fourth-order valence-electron chi connectivity index (χ4n) is 3.16. The molecule has 1 fully saturated rings. The van der Waals surface area contributed by atoms with Crippen LogP contribution < -0.4 is 11.3 Å². The number of aryl methyl sites for hydroxylation is 1. The van der Waals surface area contributed by atoms with Gasteiger partial charge in [-0.05, 0) is 18.9 Å². The molecule has 1 amide bonds. The van der Waals surface area contributed by atoms with E-state index < -0.39 is 0 Å². The van der Waals surface area contributed by atoms with Gasteiger partial charge in [0.25, 0.3) is 5.56 Å². The number of carbonyl (C=O) groups excluding carboxylic acids is 1. The highest BCUT2D eigenvalue weighted by atomic mass is 35.5. The van der Waals surface area contributed by atoms with Gasteiger partial charge in [-0.25, -0.2) is 4.68 Å². The largest absolute Gasteiger partial charge is 0.338 e. The molecule has 1 atom stereocenters. The van der Waals surface area contributed by atoms with Crippen molar-refractivity contribution in [2.45, 2.75) is 25.3 Å². The van der Waals surface area contributed by atoms with Gasteiger partial charge in [0.15, 0.2) is 0 Å². The highest BCUT2D eigenvalue weighted by Gasteiger charge is 2.28. The maximum Gasteiger partial charge on any atom is 0.274 e. The quantitative estimate of drug-likeness (QED) is 0.901. The van der Waals surface area contributed by atoms with E-state index in [2.05, 4.69) is 5.10 Å². The molecule has 0 spiro atoms. The highest BCUT2D eigenvalue weighted by molar-refractivity contribution is 5.88. The normalized spacial score (nSPS) is 17.3. The van der Waals surface area contributed by atoms with Crippen LogP contribution in [-0.2, 0) is 18.3 Å². The first-order valence-corrected chi connectivity index (χ1v) is 7.56. The van der Waals surface area contributed by atoms with Gasteiger partial charge in [-0.2, -0.15) is 5.10 Å². The van der Waals surface area contributed by atoms with Gasteiger partial charge in [0.2, 0.25) is 5.91 Å². The van der Waals surface area contributed by atoms with Crippen molar-refractivity contribution in [1.82, 2.24) is 14.7 Å². The third kappa shape index (κ3) is 3.23. The number of carbonyl (C=O) groups is 1. The molecule has 7 heteroatoms. The summed E-state index contributed by atoms with van der Waals surface area (Å²) in [4.78, 5) is 26.5. The maximum absolute atomic E-state index is 12.6. The Morgan fingerprint density at radius 3 is 2.74 bits per heavy atom. The van der Waals surface area contributed by atoms with Crippen LogP contribution in [0, 0.1) is 0 Å². The molecule has 3 rings (SSSR count). The topological polar surface area (TPSA) is 81.2 Å². The number of fused-ring (bicyclic) bond motifs is 1. The summed E-state index contributed by atoms with van der Waals surface area (Å²) in [6.07, 6.45) is 2.16. The molecule has 1 aliphatic heterocycles. The second-order valence-corrected chi connectivity index (χ2v) is 5.72. The Labute approximate surface area is 140 Å². The number of benzene rings is 1. The molecule has 0 saturated carbocycles. The molecule has 2 aromatic rings. The lowest BCUT2D eigenvalue weighted by Gasteiger charge is -2.23. The van der Waals surface area contributed by atoms with Crippen molar-refractivity contribution in [1.29, 1.82) is 0 Å². The van der Waals surface area contributed by atoms with E-state index in [0.29, 0.717) is 17.6 Å². The average Bonchev–Trinajstić information content (AvgIpc) is 3.01. The molecule has 1 aliphatic rings. The standard InChI is InChI=1S/C16H20N4O2.ClH/c1-19-16(22)13-7-3-2-6-12(13)14(18-19)9-15(21)20-8-4-5-11(20)10-17;/h2-3,6-7,11H,4-5,8-10,17H2,1H3;1H. The van der Waals surface area contributed by atoms with E-state index in [-0.39, 0.29) is 36.3 Å². The van der Waals surface area contributed by atoms with Crippen molar-refractivity contribution in [2.24, 2.45) is 12.8 Å². The fraction of sp³-hybridized carbons (Fsp3) is 0.438. The van der Waals surface area contributed by atoms with Crippen LogP contribution >= 0.6 is 12.4 Å². The smallest absolute Gasteiger partial charge is 0.274 e. The van der Waals surface area contributed by atoms with Gasteiger partial charge in [0, 0.05) is 31.6 Å². The lowest BCUT2D eigenvalue weighted by Crippen LogP contribution is -2.41. The molecule has 0 bridgehead atoms. The summed E-state index contributed by atoms with van der Waals surface area (Å²) in [6, 6.07) is 7.42. The summed E-state index contributed by atoms with van der Waals surface area (Å²) < 4.78 is 1.30. The van der Waals surface area contributed by atoms with Crippen molar-refractivity contribution in [2.75, 3.05) is 13.1 Å². The number of amides is 1. The predicted molar refractivity (Wildman–Crippen MR) is 91.7 cm³/mol. The lowest BCUT2D eigenvalue weighted by molar-refractivity contribution is -0.131. The van der Waals surface area contributed by atoms with Gasteiger partial charge in [0.05, 0.1) is 17.5 Å². The molecule has 1 saturated heterocycles. The molecule has 2 N–H and O–H groups in total. The number of rotatable bonds is 3. The van der Waals surface area contributed by atoms with Crippen LogP contribution in [0.5, 0.6) is 0 Å². The molecule has 6 nitrogen and oxygen atoms in total. The molecular weight excluding hydrogens is 316 g/mol. The Hall–Kier alpha value is -1.92. The van der Waals surface area contributed by atoms with Crippen LogP contribution in [0.25, 0.3) is 10.8 Å². The first kappa shape index (κ1) is 17.4. The summed E-state index contributed by atoms with van der Waals surface area (Å²) in [6.45, 7) is 1.25. The van der Waals surface area contributed by atoms with Gasteiger partial charge in [0.1, 0.15) is 0 Å². The highest BCUT2D eigenvalue weighted by Crippen LogP contribution is 2.19. The van der Waals surface area contributed by atoms with Gasteiger partial charge < -0.3 is 10.6 Å². The molecule has 0 aliphatic carbocycles. The minimum Gasteiger partial charge on any atom is -0.338 e. The summed E-state index contributed by atoms with van der Waals surface area (Å²) in [7, 11) is 1.61. The van der Waals surface area contributed by atoms with Crippen LogP contribution in [0.3, 0.4) is 0 Å². The zero-order chi connectivity index (χ0) is 15.7. The average molecular weight is 337 g/mol. The summed E-state index contributed by atoms with van der Waals surface area (Å²) >= 11 is 0. The van der Waals surface area contributed by atoms with Crippen LogP contribution in [0.2, 0.25) is 0 Å². The van der Waals surface area contributed by atoms with Crippen molar-refractivity contribution in [3.63, 3.8) is 0 Å². The molecule has 124 valence electrons. The zero-order valence-corrected chi connectivity index (χ0v) is 13.9. The Bertz CT molecular complexity index is 774. The Kier molecular flexibility index (Phi) is 5.38. The zero-order valence-electron chi connectivity index (χ0n) is 13.1. The fourth-order valence-corrected chi connectivity index (χ4v) is 3.16.